The van der Waals surface area contributed by atoms with Crippen molar-refractivity contribution in [2.24, 2.45) is 5.92 Å². The van der Waals surface area contributed by atoms with Gasteiger partial charge in [0.1, 0.15) is 5.75 Å². The van der Waals surface area contributed by atoms with Crippen LogP contribution in [0.1, 0.15) is 10.4 Å². The van der Waals surface area contributed by atoms with Gasteiger partial charge in [0.05, 0.1) is 13.7 Å². The fourth-order valence-corrected chi connectivity index (χ4v) is 1.82. The number of carbonyl (C=O) groups excluding carboxylic acids is 2. The summed E-state index contributed by atoms with van der Waals surface area (Å²) in [6.45, 7) is 2.53. The van der Waals surface area contributed by atoms with E-state index in [0.717, 1.165) is 13.1 Å². The minimum absolute atomic E-state index is 0.00892. The fourth-order valence-electron chi connectivity index (χ4n) is 1.82. The van der Waals surface area contributed by atoms with Crippen LogP contribution in [0.15, 0.2) is 24.3 Å². The molecule has 1 aromatic carbocycles. The summed E-state index contributed by atoms with van der Waals surface area (Å²) in [5.74, 6) is 0.761. The molecule has 6 heteroatoms. The number of amides is 2. The normalized spacial score (nSPS) is 14.2. The second-order valence-electron chi connectivity index (χ2n) is 4.74. The summed E-state index contributed by atoms with van der Waals surface area (Å²) in [5.41, 5.74) is 0.502. The lowest BCUT2D eigenvalue weighted by Crippen LogP contribution is -2.49. The van der Waals surface area contributed by atoms with E-state index in [4.69, 9.17) is 4.74 Å². The molecule has 1 heterocycles. The molecule has 6 nitrogen and oxygen atoms in total. The van der Waals surface area contributed by atoms with Gasteiger partial charge >= 0.3 is 0 Å². The van der Waals surface area contributed by atoms with Gasteiger partial charge in [-0.15, -0.1) is 0 Å². The minimum atomic E-state index is -0.270. The average molecular weight is 277 g/mol. The lowest BCUT2D eigenvalue weighted by Gasteiger charge is -2.27. The van der Waals surface area contributed by atoms with Crippen LogP contribution in [0.4, 0.5) is 0 Å². The third kappa shape index (κ3) is 3.96. The predicted molar refractivity (Wildman–Crippen MR) is 74.7 cm³/mol. The van der Waals surface area contributed by atoms with Crippen LogP contribution in [0.5, 0.6) is 5.75 Å². The molecule has 0 atom stereocenters. The van der Waals surface area contributed by atoms with E-state index in [1.165, 1.54) is 0 Å². The monoisotopic (exact) mass is 277 g/mol. The molecule has 1 aliphatic rings. The molecular formula is C14H19N3O3. The molecule has 0 spiro atoms. The summed E-state index contributed by atoms with van der Waals surface area (Å²) >= 11 is 0. The van der Waals surface area contributed by atoms with Gasteiger partial charge in [-0.25, -0.2) is 0 Å². The number of ether oxygens (including phenoxy) is 1. The van der Waals surface area contributed by atoms with Crippen molar-refractivity contribution in [1.82, 2.24) is 16.0 Å². The molecule has 0 unspecified atom stereocenters. The highest BCUT2D eigenvalue weighted by Gasteiger charge is 2.17. The molecule has 0 aromatic heterocycles. The molecule has 2 amide bonds. The molecule has 1 saturated heterocycles. The van der Waals surface area contributed by atoms with Gasteiger partial charge in [-0.2, -0.15) is 0 Å². The van der Waals surface area contributed by atoms with Crippen molar-refractivity contribution >= 4 is 11.8 Å². The van der Waals surface area contributed by atoms with Crippen LogP contribution >= 0.6 is 0 Å². The van der Waals surface area contributed by atoms with E-state index in [2.05, 4.69) is 16.0 Å². The Kier molecular flexibility index (Phi) is 4.95. The topological polar surface area (TPSA) is 79.5 Å². The van der Waals surface area contributed by atoms with E-state index in [9.17, 15) is 9.59 Å². The maximum Gasteiger partial charge on any atom is 0.251 e. The SMILES string of the molecule is COc1ccc(C(=O)NCC(=O)NCC2CNC2)cc1. The Hall–Kier alpha value is -2.08. The number of rotatable bonds is 6. The minimum Gasteiger partial charge on any atom is -0.497 e. The van der Waals surface area contributed by atoms with E-state index in [-0.39, 0.29) is 18.4 Å². The van der Waals surface area contributed by atoms with Crippen LogP contribution in [0.25, 0.3) is 0 Å². The molecule has 1 fully saturated rings. The van der Waals surface area contributed by atoms with Crippen LogP contribution in [-0.4, -0.2) is 45.1 Å². The number of hydrogen-bond acceptors (Lipinski definition) is 4. The third-order valence-electron chi connectivity index (χ3n) is 3.22. The molecule has 0 radical (unpaired) electrons. The van der Waals surface area contributed by atoms with Crippen molar-refractivity contribution in [3.8, 4) is 5.75 Å². The predicted octanol–water partition coefficient (Wildman–Crippen LogP) is -0.239. The number of benzene rings is 1. The van der Waals surface area contributed by atoms with Gasteiger partial charge in [-0.05, 0) is 24.3 Å². The largest absolute Gasteiger partial charge is 0.497 e. The van der Waals surface area contributed by atoms with Gasteiger partial charge in [0.15, 0.2) is 0 Å². The number of methoxy groups -OCH3 is 1. The standard InChI is InChI=1S/C14H19N3O3/c1-20-12-4-2-11(3-5-12)14(19)17-9-13(18)16-8-10-6-15-7-10/h2-5,10,15H,6-9H2,1H3,(H,16,18)(H,17,19). The highest BCUT2D eigenvalue weighted by atomic mass is 16.5. The Balaban J connectivity index is 1.71. The van der Waals surface area contributed by atoms with Gasteiger partial charge in [-0.3, -0.25) is 9.59 Å². The molecule has 0 saturated carbocycles. The van der Waals surface area contributed by atoms with Gasteiger partial charge < -0.3 is 20.7 Å². The van der Waals surface area contributed by atoms with Crippen LogP contribution in [-0.2, 0) is 4.79 Å². The van der Waals surface area contributed by atoms with Crippen molar-refractivity contribution in [3.05, 3.63) is 29.8 Å². The van der Waals surface area contributed by atoms with Crippen LogP contribution in [0.2, 0.25) is 0 Å². The van der Waals surface area contributed by atoms with Crippen molar-refractivity contribution in [2.75, 3.05) is 33.3 Å². The summed E-state index contributed by atoms with van der Waals surface area (Å²) in [4.78, 5) is 23.4. The lowest BCUT2D eigenvalue weighted by atomic mass is 10.0. The first-order valence-electron chi connectivity index (χ1n) is 6.58. The maximum atomic E-state index is 11.8. The van der Waals surface area contributed by atoms with Crippen molar-refractivity contribution in [1.29, 1.82) is 0 Å². The molecular weight excluding hydrogens is 258 g/mol. The summed E-state index contributed by atoms with van der Waals surface area (Å²) in [6.07, 6.45) is 0. The Morgan fingerprint density at radius 1 is 1.25 bits per heavy atom. The zero-order valence-corrected chi connectivity index (χ0v) is 11.4. The van der Waals surface area contributed by atoms with Gasteiger partial charge in [0, 0.05) is 31.1 Å². The molecule has 20 heavy (non-hydrogen) atoms. The van der Waals surface area contributed by atoms with Crippen molar-refractivity contribution in [3.63, 3.8) is 0 Å². The second kappa shape index (κ2) is 6.91. The number of nitrogens with one attached hydrogen (secondary N) is 3. The van der Waals surface area contributed by atoms with E-state index in [1.54, 1.807) is 31.4 Å². The van der Waals surface area contributed by atoms with E-state index >= 15 is 0 Å². The van der Waals surface area contributed by atoms with Crippen LogP contribution in [0.3, 0.4) is 0 Å². The maximum absolute atomic E-state index is 11.8. The zero-order valence-electron chi connectivity index (χ0n) is 11.4. The van der Waals surface area contributed by atoms with Gasteiger partial charge in [0.2, 0.25) is 5.91 Å². The molecule has 108 valence electrons. The van der Waals surface area contributed by atoms with E-state index in [0.29, 0.717) is 23.8 Å². The Morgan fingerprint density at radius 3 is 2.50 bits per heavy atom. The Labute approximate surface area is 117 Å². The molecule has 2 rings (SSSR count). The first-order chi connectivity index (χ1) is 9.69. The van der Waals surface area contributed by atoms with Gasteiger partial charge in [-0.1, -0.05) is 0 Å². The summed E-state index contributed by atoms with van der Waals surface area (Å²) in [6, 6.07) is 6.73. The van der Waals surface area contributed by atoms with Crippen LogP contribution in [0, 0.1) is 5.92 Å². The Morgan fingerprint density at radius 2 is 1.95 bits per heavy atom. The quantitative estimate of drug-likeness (QED) is 0.670. The summed E-state index contributed by atoms with van der Waals surface area (Å²) < 4.78 is 5.02. The number of hydrogen-bond donors (Lipinski definition) is 3. The van der Waals surface area contributed by atoms with E-state index < -0.39 is 0 Å². The Bertz CT molecular complexity index is 469. The van der Waals surface area contributed by atoms with Gasteiger partial charge in [0.25, 0.3) is 5.91 Å². The van der Waals surface area contributed by atoms with E-state index in [1.807, 2.05) is 0 Å². The molecule has 0 aliphatic carbocycles. The third-order valence-corrected chi connectivity index (χ3v) is 3.22. The first-order valence-corrected chi connectivity index (χ1v) is 6.58. The van der Waals surface area contributed by atoms with Crippen molar-refractivity contribution < 1.29 is 14.3 Å². The molecule has 1 aliphatic heterocycles. The smallest absolute Gasteiger partial charge is 0.251 e. The lowest BCUT2D eigenvalue weighted by molar-refractivity contribution is -0.120. The highest BCUT2D eigenvalue weighted by molar-refractivity contribution is 5.96. The first kappa shape index (κ1) is 14.3. The van der Waals surface area contributed by atoms with Crippen molar-refractivity contribution in [2.45, 2.75) is 0 Å². The number of carbonyl (C=O) groups is 2. The summed E-state index contributed by atoms with van der Waals surface area (Å²) in [7, 11) is 1.57. The molecule has 0 bridgehead atoms. The fraction of sp³-hybridized carbons (Fsp3) is 0.429. The highest BCUT2D eigenvalue weighted by Crippen LogP contribution is 2.10. The average Bonchev–Trinajstić information content (AvgIpc) is 2.43. The summed E-state index contributed by atoms with van der Waals surface area (Å²) in [5, 5.41) is 8.52. The second-order valence-corrected chi connectivity index (χ2v) is 4.74. The molecule has 3 N–H and O–H groups in total. The molecule has 1 aromatic rings. The van der Waals surface area contributed by atoms with Crippen LogP contribution < -0.4 is 20.7 Å². The zero-order chi connectivity index (χ0) is 14.4.